The van der Waals surface area contributed by atoms with Crippen molar-refractivity contribution in [2.45, 2.75) is 18.2 Å². The van der Waals surface area contributed by atoms with Crippen LogP contribution >= 0.6 is 11.6 Å². The maximum absolute atomic E-state index is 12.0. The summed E-state index contributed by atoms with van der Waals surface area (Å²) in [7, 11) is -2.42. The molecule has 0 unspecified atom stereocenters. The lowest BCUT2D eigenvalue weighted by atomic mass is 10.2. The molecule has 0 fully saturated rings. The molecule has 22 heavy (non-hydrogen) atoms. The third-order valence-corrected chi connectivity index (χ3v) is 4.48. The Hall–Kier alpha value is -1.64. The summed E-state index contributed by atoms with van der Waals surface area (Å²) in [5.41, 5.74) is -0.0127. The molecule has 0 spiro atoms. The zero-order chi connectivity index (χ0) is 16.8. The van der Waals surface area contributed by atoms with Crippen LogP contribution < -0.4 is 15.4 Å². The van der Waals surface area contributed by atoms with Gasteiger partial charge in [-0.25, -0.2) is 13.1 Å². The first-order valence-electron chi connectivity index (χ1n) is 6.59. The fourth-order valence-corrected chi connectivity index (χ4v) is 2.51. The molecule has 1 rings (SSSR count). The second-order valence-electron chi connectivity index (χ2n) is 4.38. The predicted molar refractivity (Wildman–Crippen MR) is 83.3 cm³/mol. The van der Waals surface area contributed by atoms with Gasteiger partial charge in [-0.2, -0.15) is 0 Å². The Bertz CT molecular complexity index is 661. The van der Waals surface area contributed by atoms with Gasteiger partial charge in [0.25, 0.3) is 5.91 Å². The van der Waals surface area contributed by atoms with Gasteiger partial charge in [0, 0.05) is 6.54 Å². The smallest absolute Gasteiger partial charge is 0.253 e. The first-order chi connectivity index (χ1) is 10.3. The van der Waals surface area contributed by atoms with Gasteiger partial charge in [0.2, 0.25) is 15.9 Å². The van der Waals surface area contributed by atoms with Crippen LogP contribution in [-0.2, 0) is 14.8 Å². The van der Waals surface area contributed by atoms with Crippen molar-refractivity contribution in [1.29, 1.82) is 0 Å². The summed E-state index contributed by atoms with van der Waals surface area (Å²) >= 11 is 5.91. The van der Waals surface area contributed by atoms with Crippen LogP contribution in [0.15, 0.2) is 23.1 Å². The highest BCUT2D eigenvalue weighted by atomic mass is 35.5. The molecule has 0 radical (unpaired) electrons. The average Bonchev–Trinajstić information content (AvgIpc) is 2.50. The third-order valence-electron chi connectivity index (χ3n) is 2.74. The van der Waals surface area contributed by atoms with E-state index in [1.165, 1.54) is 19.2 Å². The molecule has 0 saturated carbocycles. The molecule has 9 heteroatoms. The molecule has 3 N–H and O–H groups in total. The number of amides is 2. The van der Waals surface area contributed by atoms with Gasteiger partial charge in [0.1, 0.15) is 0 Å². The Kier molecular flexibility index (Phi) is 6.79. The van der Waals surface area contributed by atoms with E-state index >= 15 is 0 Å². The van der Waals surface area contributed by atoms with Crippen LogP contribution in [0.3, 0.4) is 0 Å². The van der Waals surface area contributed by atoms with E-state index in [9.17, 15) is 18.0 Å². The van der Waals surface area contributed by atoms with Crippen molar-refractivity contribution in [3.8, 4) is 0 Å². The van der Waals surface area contributed by atoms with E-state index in [-0.39, 0.29) is 27.9 Å². The monoisotopic (exact) mass is 347 g/mol. The highest BCUT2D eigenvalue weighted by Gasteiger charge is 2.17. The highest BCUT2D eigenvalue weighted by molar-refractivity contribution is 7.89. The van der Waals surface area contributed by atoms with Gasteiger partial charge in [-0.1, -0.05) is 18.5 Å². The molecule has 0 bridgehead atoms. The average molecular weight is 348 g/mol. The van der Waals surface area contributed by atoms with Crippen molar-refractivity contribution in [3.05, 3.63) is 28.8 Å². The Balaban J connectivity index is 2.85. The van der Waals surface area contributed by atoms with Crippen molar-refractivity contribution in [2.75, 3.05) is 20.1 Å². The third kappa shape index (κ3) is 4.97. The van der Waals surface area contributed by atoms with Gasteiger partial charge in [0.15, 0.2) is 0 Å². The second-order valence-corrected chi connectivity index (χ2v) is 6.68. The topological polar surface area (TPSA) is 104 Å². The van der Waals surface area contributed by atoms with Gasteiger partial charge in [-0.15, -0.1) is 0 Å². The van der Waals surface area contributed by atoms with Crippen molar-refractivity contribution >= 4 is 33.4 Å². The summed E-state index contributed by atoms with van der Waals surface area (Å²) in [6.07, 6.45) is 0.787. The zero-order valence-corrected chi connectivity index (χ0v) is 13.8. The van der Waals surface area contributed by atoms with Crippen LogP contribution in [0.5, 0.6) is 0 Å². The molecular formula is C13H18ClN3O4S. The van der Waals surface area contributed by atoms with Crippen LogP contribution in [0.4, 0.5) is 0 Å². The molecule has 0 aliphatic heterocycles. The molecule has 0 heterocycles. The van der Waals surface area contributed by atoms with E-state index in [4.69, 9.17) is 11.6 Å². The quantitative estimate of drug-likeness (QED) is 0.668. The van der Waals surface area contributed by atoms with E-state index in [0.29, 0.717) is 6.54 Å². The molecule has 0 aliphatic rings. The summed E-state index contributed by atoms with van der Waals surface area (Å²) in [5, 5.41) is 5.10. The predicted octanol–water partition coefficient (Wildman–Crippen LogP) is 0.504. The van der Waals surface area contributed by atoms with Crippen molar-refractivity contribution in [2.24, 2.45) is 0 Å². The van der Waals surface area contributed by atoms with Crippen LogP contribution in [0.2, 0.25) is 5.02 Å². The Morgan fingerprint density at radius 2 is 1.91 bits per heavy atom. The SMILES string of the molecule is CCCNC(=O)CNC(=O)c1cc(S(=O)(=O)NC)ccc1Cl. The minimum Gasteiger partial charge on any atom is -0.355 e. The van der Waals surface area contributed by atoms with Gasteiger partial charge in [-0.05, 0) is 31.7 Å². The number of carbonyl (C=O) groups is 2. The number of hydrogen-bond acceptors (Lipinski definition) is 4. The highest BCUT2D eigenvalue weighted by Crippen LogP contribution is 2.20. The molecule has 122 valence electrons. The van der Waals surface area contributed by atoms with Gasteiger partial charge in [-0.3, -0.25) is 9.59 Å². The van der Waals surface area contributed by atoms with Gasteiger partial charge >= 0.3 is 0 Å². The number of sulfonamides is 1. The summed E-state index contributed by atoms with van der Waals surface area (Å²) < 4.78 is 25.6. The number of carbonyl (C=O) groups excluding carboxylic acids is 2. The normalized spacial score (nSPS) is 11.0. The molecule has 2 amide bonds. The number of hydrogen-bond donors (Lipinski definition) is 3. The maximum Gasteiger partial charge on any atom is 0.253 e. The fourth-order valence-electron chi connectivity index (χ4n) is 1.55. The summed E-state index contributed by atoms with van der Waals surface area (Å²) in [6, 6.07) is 3.77. The first kappa shape index (κ1) is 18.4. The molecule has 0 aliphatic carbocycles. The van der Waals surface area contributed by atoms with E-state index in [1.54, 1.807) is 0 Å². The van der Waals surface area contributed by atoms with Crippen LogP contribution in [-0.4, -0.2) is 40.4 Å². The molecule has 7 nitrogen and oxygen atoms in total. The Morgan fingerprint density at radius 1 is 1.23 bits per heavy atom. The first-order valence-corrected chi connectivity index (χ1v) is 8.46. The minimum absolute atomic E-state index is 0.0127. The van der Waals surface area contributed by atoms with Crippen LogP contribution in [0.25, 0.3) is 0 Å². The Labute approximate surface area is 134 Å². The largest absolute Gasteiger partial charge is 0.355 e. The Morgan fingerprint density at radius 3 is 2.50 bits per heavy atom. The van der Waals surface area contributed by atoms with E-state index in [2.05, 4.69) is 15.4 Å². The van der Waals surface area contributed by atoms with E-state index in [0.717, 1.165) is 12.5 Å². The molecular weight excluding hydrogens is 330 g/mol. The van der Waals surface area contributed by atoms with E-state index < -0.39 is 15.9 Å². The molecule has 0 saturated heterocycles. The zero-order valence-electron chi connectivity index (χ0n) is 12.3. The van der Waals surface area contributed by atoms with Gasteiger partial charge in [0.05, 0.1) is 22.0 Å². The minimum atomic E-state index is -3.68. The van der Waals surface area contributed by atoms with Crippen molar-refractivity contribution in [3.63, 3.8) is 0 Å². The van der Waals surface area contributed by atoms with Crippen LogP contribution in [0.1, 0.15) is 23.7 Å². The summed E-state index contributed by atoms with van der Waals surface area (Å²) in [5.74, 6) is -0.949. The van der Waals surface area contributed by atoms with E-state index in [1.807, 2.05) is 6.92 Å². The fraction of sp³-hybridized carbons (Fsp3) is 0.385. The molecule has 1 aromatic rings. The van der Waals surface area contributed by atoms with Crippen molar-refractivity contribution in [1.82, 2.24) is 15.4 Å². The maximum atomic E-state index is 12.0. The molecule has 0 atom stereocenters. The lowest BCUT2D eigenvalue weighted by molar-refractivity contribution is -0.120. The number of nitrogens with one attached hydrogen (secondary N) is 3. The van der Waals surface area contributed by atoms with Crippen molar-refractivity contribution < 1.29 is 18.0 Å². The number of rotatable bonds is 7. The second kappa shape index (κ2) is 8.11. The lowest BCUT2D eigenvalue weighted by Gasteiger charge is -2.09. The summed E-state index contributed by atoms with van der Waals surface area (Å²) in [6.45, 7) is 2.22. The number of benzene rings is 1. The lowest BCUT2D eigenvalue weighted by Crippen LogP contribution is -2.37. The number of halogens is 1. The van der Waals surface area contributed by atoms with Crippen LogP contribution in [0, 0.1) is 0 Å². The molecule has 1 aromatic carbocycles. The standard InChI is InChI=1S/C13H18ClN3O4S/c1-3-6-16-12(18)8-17-13(19)10-7-9(4-5-11(10)14)22(20,21)15-2/h4-5,7,15H,3,6,8H2,1-2H3,(H,16,18)(H,17,19). The van der Waals surface area contributed by atoms with Gasteiger partial charge < -0.3 is 10.6 Å². The summed E-state index contributed by atoms with van der Waals surface area (Å²) in [4.78, 5) is 23.4. The molecule has 0 aromatic heterocycles.